The number of fused-ring (bicyclic) bond motifs is 3. The number of Topliss-reactive ketones (excluding diaryl/α,β-unsaturated/α-hetero) is 1. The molecular weight excluding hydrogens is 414 g/mol. The fourth-order valence-electron chi connectivity index (χ4n) is 4.37. The fourth-order valence-corrected chi connectivity index (χ4v) is 6.13. The van der Waals surface area contributed by atoms with E-state index < -0.39 is 9.84 Å². The Morgan fingerprint density at radius 2 is 2.00 bits per heavy atom. The van der Waals surface area contributed by atoms with E-state index in [0.717, 1.165) is 16.7 Å². The first-order chi connectivity index (χ1) is 14.9. The molecule has 2 aromatic rings. The molecular formula is C24H23NO5S. The van der Waals surface area contributed by atoms with Crippen LogP contribution in [-0.4, -0.2) is 43.4 Å². The number of ketones is 1. The van der Waals surface area contributed by atoms with E-state index in [1.165, 1.54) is 0 Å². The zero-order valence-electron chi connectivity index (χ0n) is 17.2. The maximum atomic E-state index is 13.0. The molecule has 5 rings (SSSR count). The van der Waals surface area contributed by atoms with Gasteiger partial charge in [0.1, 0.15) is 18.2 Å². The largest absolute Gasteiger partial charge is 0.478 e. The van der Waals surface area contributed by atoms with Gasteiger partial charge in [0.05, 0.1) is 22.6 Å². The Morgan fingerprint density at radius 3 is 2.74 bits per heavy atom. The number of nitrogens with zero attached hydrogens (tertiary/aromatic N) is 1. The number of hydrogen-bond acceptors (Lipinski definition) is 6. The van der Waals surface area contributed by atoms with Crippen molar-refractivity contribution in [2.45, 2.75) is 25.9 Å². The Morgan fingerprint density at radius 1 is 1.19 bits per heavy atom. The molecule has 1 fully saturated rings. The minimum atomic E-state index is -2.99. The van der Waals surface area contributed by atoms with Gasteiger partial charge < -0.3 is 9.47 Å². The summed E-state index contributed by atoms with van der Waals surface area (Å²) >= 11 is 0. The SMILES string of the molecule is Cc1cc2c(c3c1C(=O)/C(=C/C=C/c1ccccc1)O3)CN(C1CCS(=O)(=O)C1)CO2. The Balaban J connectivity index is 1.43. The molecule has 0 N–H and O–H groups in total. The molecule has 0 saturated carbocycles. The van der Waals surface area contributed by atoms with E-state index in [-0.39, 0.29) is 29.1 Å². The quantitative estimate of drug-likeness (QED) is 0.685. The first-order valence-electron chi connectivity index (χ1n) is 10.3. The Hall–Kier alpha value is -2.90. The third kappa shape index (κ3) is 3.79. The number of aryl methyl sites for hydroxylation is 1. The minimum absolute atomic E-state index is 0.0731. The van der Waals surface area contributed by atoms with Crippen LogP contribution >= 0.6 is 0 Å². The second-order valence-electron chi connectivity index (χ2n) is 8.18. The van der Waals surface area contributed by atoms with Gasteiger partial charge in [0.25, 0.3) is 0 Å². The highest BCUT2D eigenvalue weighted by molar-refractivity contribution is 7.91. The molecule has 3 aliphatic heterocycles. The Labute approximate surface area is 181 Å². The highest BCUT2D eigenvalue weighted by atomic mass is 32.2. The highest BCUT2D eigenvalue weighted by Crippen LogP contribution is 2.44. The zero-order chi connectivity index (χ0) is 21.6. The topological polar surface area (TPSA) is 72.9 Å². The predicted molar refractivity (Wildman–Crippen MR) is 118 cm³/mol. The van der Waals surface area contributed by atoms with E-state index in [4.69, 9.17) is 9.47 Å². The lowest BCUT2D eigenvalue weighted by Crippen LogP contribution is -2.41. The van der Waals surface area contributed by atoms with E-state index in [2.05, 4.69) is 0 Å². The van der Waals surface area contributed by atoms with Crippen LogP contribution in [0.2, 0.25) is 0 Å². The average molecular weight is 438 g/mol. The molecule has 0 amide bonds. The van der Waals surface area contributed by atoms with Crippen LogP contribution < -0.4 is 9.47 Å². The van der Waals surface area contributed by atoms with E-state index in [9.17, 15) is 13.2 Å². The van der Waals surface area contributed by atoms with Crippen molar-refractivity contribution in [1.29, 1.82) is 0 Å². The molecule has 0 bridgehead atoms. The van der Waals surface area contributed by atoms with E-state index in [1.807, 2.05) is 60.4 Å². The van der Waals surface area contributed by atoms with Crippen LogP contribution in [0.3, 0.4) is 0 Å². The highest BCUT2D eigenvalue weighted by Gasteiger charge is 2.38. The number of carbonyl (C=O) groups is 1. The lowest BCUT2D eigenvalue weighted by molar-refractivity contribution is 0.0633. The molecule has 1 atom stereocenters. The summed E-state index contributed by atoms with van der Waals surface area (Å²) in [6.07, 6.45) is 6.01. The molecule has 0 aromatic heterocycles. The summed E-state index contributed by atoms with van der Waals surface area (Å²) in [5, 5.41) is 0. The molecule has 0 spiro atoms. The predicted octanol–water partition coefficient (Wildman–Crippen LogP) is 3.51. The smallest absolute Gasteiger partial charge is 0.232 e. The monoisotopic (exact) mass is 437 g/mol. The normalized spacial score (nSPS) is 23.6. The molecule has 31 heavy (non-hydrogen) atoms. The summed E-state index contributed by atoms with van der Waals surface area (Å²) in [7, 11) is -2.99. The van der Waals surface area contributed by atoms with Crippen molar-refractivity contribution in [3.05, 3.63) is 76.6 Å². The van der Waals surface area contributed by atoms with Crippen LogP contribution in [0.4, 0.5) is 0 Å². The number of benzene rings is 2. The van der Waals surface area contributed by atoms with Gasteiger partial charge in [-0.15, -0.1) is 0 Å². The number of carbonyl (C=O) groups excluding carboxylic acids is 1. The molecule has 7 heteroatoms. The maximum absolute atomic E-state index is 13.0. The molecule has 160 valence electrons. The molecule has 3 aliphatic rings. The number of sulfone groups is 1. The summed E-state index contributed by atoms with van der Waals surface area (Å²) < 4.78 is 35.8. The van der Waals surface area contributed by atoms with E-state index >= 15 is 0 Å². The molecule has 1 saturated heterocycles. The second-order valence-corrected chi connectivity index (χ2v) is 10.4. The fraction of sp³-hybridized carbons (Fsp3) is 0.292. The van der Waals surface area contributed by atoms with Crippen molar-refractivity contribution in [3.8, 4) is 11.5 Å². The summed E-state index contributed by atoms with van der Waals surface area (Å²) in [5.41, 5.74) is 3.21. The van der Waals surface area contributed by atoms with Crippen molar-refractivity contribution < 1.29 is 22.7 Å². The maximum Gasteiger partial charge on any atom is 0.232 e. The molecule has 1 unspecified atom stereocenters. The summed E-state index contributed by atoms with van der Waals surface area (Å²) in [4.78, 5) is 15.0. The van der Waals surface area contributed by atoms with Gasteiger partial charge in [-0.3, -0.25) is 9.69 Å². The van der Waals surface area contributed by atoms with Gasteiger partial charge >= 0.3 is 0 Å². The van der Waals surface area contributed by atoms with Gasteiger partial charge in [-0.1, -0.05) is 42.5 Å². The first kappa shape index (κ1) is 20.0. The minimum Gasteiger partial charge on any atom is -0.478 e. The van der Waals surface area contributed by atoms with Crippen molar-refractivity contribution in [2.24, 2.45) is 0 Å². The number of hydrogen-bond donors (Lipinski definition) is 0. The van der Waals surface area contributed by atoms with Crippen LogP contribution in [0.1, 0.15) is 33.5 Å². The third-order valence-electron chi connectivity index (χ3n) is 6.01. The van der Waals surface area contributed by atoms with Gasteiger partial charge in [-0.2, -0.15) is 0 Å². The lowest BCUT2D eigenvalue weighted by atomic mass is 9.98. The van der Waals surface area contributed by atoms with Crippen molar-refractivity contribution in [2.75, 3.05) is 18.2 Å². The van der Waals surface area contributed by atoms with Gasteiger partial charge in [0.15, 0.2) is 15.6 Å². The molecule has 0 radical (unpaired) electrons. The summed E-state index contributed by atoms with van der Waals surface area (Å²) in [6.45, 7) is 2.71. The molecule has 0 aliphatic carbocycles. The van der Waals surface area contributed by atoms with Crippen LogP contribution in [0.15, 0.2) is 54.3 Å². The zero-order valence-corrected chi connectivity index (χ0v) is 18.0. The standard InChI is InChI=1S/C24H23NO5S/c1-16-12-21-19(13-25(15-29-21)18-10-11-31(27,28)14-18)24-22(16)23(26)20(30-24)9-5-8-17-6-3-2-4-7-17/h2-9,12,18H,10-11,13-15H2,1H3/b8-5+,20-9-. The molecule has 3 heterocycles. The van der Waals surface area contributed by atoms with Crippen molar-refractivity contribution in [3.63, 3.8) is 0 Å². The third-order valence-corrected chi connectivity index (χ3v) is 7.76. The van der Waals surface area contributed by atoms with Crippen molar-refractivity contribution >= 4 is 21.7 Å². The number of rotatable bonds is 3. The van der Waals surface area contributed by atoms with Gasteiger partial charge in [0, 0.05) is 12.6 Å². The second kappa shape index (κ2) is 7.66. The number of ether oxygens (including phenoxy) is 2. The lowest BCUT2D eigenvalue weighted by Gasteiger charge is -2.33. The van der Waals surface area contributed by atoms with Gasteiger partial charge in [0.2, 0.25) is 5.78 Å². The Kier molecular flexibility index (Phi) is 4.95. The van der Waals surface area contributed by atoms with Crippen LogP contribution in [0.25, 0.3) is 6.08 Å². The van der Waals surface area contributed by atoms with Crippen LogP contribution in [-0.2, 0) is 16.4 Å². The Bertz CT molecular complexity index is 1210. The summed E-state index contributed by atoms with van der Waals surface area (Å²) in [6, 6.07) is 11.6. The summed E-state index contributed by atoms with van der Waals surface area (Å²) in [5.74, 6) is 1.72. The van der Waals surface area contributed by atoms with Gasteiger partial charge in [-0.25, -0.2) is 8.42 Å². The first-order valence-corrected chi connectivity index (χ1v) is 12.1. The number of allylic oxidation sites excluding steroid dienone is 3. The van der Waals surface area contributed by atoms with Crippen LogP contribution in [0.5, 0.6) is 11.5 Å². The van der Waals surface area contributed by atoms with Crippen LogP contribution in [0, 0.1) is 6.92 Å². The van der Waals surface area contributed by atoms with E-state index in [0.29, 0.717) is 36.8 Å². The van der Waals surface area contributed by atoms with E-state index in [1.54, 1.807) is 6.08 Å². The van der Waals surface area contributed by atoms with Crippen molar-refractivity contribution in [1.82, 2.24) is 4.90 Å². The average Bonchev–Trinajstić information content (AvgIpc) is 3.29. The molecule has 6 nitrogen and oxygen atoms in total. The molecule has 2 aromatic carbocycles. The van der Waals surface area contributed by atoms with Gasteiger partial charge in [-0.05, 0) is 36.6 Å².